The van der Waals surface area contributed by atoms with Crippen molar-refractivity contribution in [1.82, 2.24) is 0 Å². The van der Waals surface area contributed by atoms with Crippen LogP contribution in [0.25, 0.3) is 0 Å². The molecule has 6 heteroatoms. The third-order valence-corrected chi connectivity index (χ3v) is 10.0. The maximum absolute atomic E-state index is 11.8. The van der Waals surface area contributed by atoms with Crippen LogP contribution in [0.2, 0.25) is 18.1 Å². The van der Waals surface area contributed by atoms with E-state index >= 15 is 0 Å². The van der Waals surface area contributed by atoms with Gasteiger partial charge < -0.3 is 19.4 Å². The molecule has 0 rings (SSSR count). The van der Waals surface area contributed by atoms with Crippen molar-refractivity contribution in [2.24, 2.45) is 17.3 Å². The van der Waals surface area contributed by atoms with Crippen molar-refractivity contribution in [3.05, 3.63) is 0 Å². The Kier molecular flexibility index (Phi) is 9.51. The zero-order chi connectivity index (χ0) is 20.9. The summed E-state index contributed by atoms with van der Waals surface area (Å²) in [4.78, 5) is 11.8. The molecule has 0 unspecified atom stereocenters. The fraction of sp³-hybridized carbons (Fsp3) is 0.950. The Bertz CT molecular complexity index is 436. The number of rotatable bonds is 9. The van der Waals surface area contributed by atoms with E-state index in [4.69, 9.17) is 9.16 Å². The van der Waals surface area contributed by atoms with E-state index in [1.165, 1.54) is 0 Å². The van der Waals surface area contributed by atoms with E-state index in [0.717, 1.165) is 0 Å². The summed E-state index contributed by atoms with van der Waals surface area (Å²) in [5.41, 5.74) is -0.559. The Hall–Kier alpha value is -0.433. The zero-order valence-electron chi connectivity index (χ0n) is 18.5. The molecule has 0 saturated carbocycles. The molecule has 156 valence electrons. The van der Waals surface area contributed by atoms with Crippen LogP contribution in [0, 0.1) is 17.3 Å². The van der Waals surface area contributed by atoms with Gasteiger partial charge in [-0.05, 0) is 45.3 Å². The maximum Gasteiger partial charge on any atom is 0.311 e. The average molecular weight is 391 g/mol. The number of carbonyl (C=O) groups excluding carboxylic acids is 1. The number of aliphatic hydroxyl groups excluding tert-OH is 2. The molecule has 0 spiro atoms. The number of carbonyl (C=O) groups is 1. The number of hydrogen-bond acceptors (Lipinski definition) is 5. The minimum absolute atomic E-state index is 0.133. The molecule has 0 amide bonds. The molecule has 4 atom stereocenters. The molecule has 0 radical (unpaired) electrons. The first kappa shape index (κ1) is 25.6. The highest BCUT2D eigenvalue weighted by Gasteiger charge is 2.37. The standard InChI is InChI=1S/C20H42O5Si/c1-14(13-24-18(23)19(3,4)5)17(22)15(2)16(21)11-12-25-26(9,10)20(6,7)8/h14-17,21-22H,11-13H2,1-10H3/t14-,15+,16-,17-/m1/s1. The van der Waals surface area contributed by atoms with Gasteiger partial charge in [-0.25, -0.2) is 0 Å². The number of esters is 1. The Morgan fingerprint density at radius 2 is 1.54 bits per heavy atom. The molecule has 0 bridgehead atoms. The van der Waals surface area contributed by atoms with Crippen molar-refractivity contribution >= 4 is 14.3 Å². The quantitative estimate of drug-likeness (QED) is 0.460. The zero-order valence-corrected chi connectivity index (χ0v) is 19.5. The van der Waals surface area contributed by atoms with Crippen molar-refractivity contribution in [1.29, 1.82) is 0 Å². The first-order valence-electron chi connectivity index (χ1n) is 9.68. The van der Waals surface area contributed by atoms with Crippen molar-refractivity contribution in [2.75, 3.05) is 13.2 Å². The van der Waals surface area contributed by atoms with Crippen LogP contribution in [0.4, 0.5) is 0 Å². The summed E-state index contributed by atoms with van der Waals surface area (Å²) in [6, 6.07) is 0. The SMILES string of the molecule is C[C@H]([C@H](O)[C@H](C)COC(=O)C(C)(C)C)[C@H](O)CCO[Si](C)(C)C(C)(C)C. The molecule has 0 aromatic carbocycles. The minimum atomic E-state index is -1.83. The summed E-state index contributed by atoms with van der Waals surface area (Å²) in [6.45, 7) is 20.6. The molecule has 0 fully saturated rings. The highest BCUT2D eigenvalue weighted by Crippen LogP contribution is 2.36. The second-order valence-corrected chi connectivity index (χ2v) is 14.9. The van der Waals surface area contributed by atoms with Gasteiger partial charge in [0.15, 0.2) is 8.32 Å². The van der Waals surface area contributed by atoms with E-state index in [0.29, 0.717) is 13.0 Å². The summed E-state index contributed by atoms with van der Waals surface area (Å²) in [6.07, 6.45) is -0.916. The Morgan fingerprint density at radius 3 is 1.96 bits per heavy atom. The Balaban J connectivity index is 4.45. The van der Waals surface area contributed by atoms with Crippen LogP contribution in [0.3, 0.4) is 0 Å². The number of ether oxygens (including phenoxy) is 1. The van der Waals surface area contributed by atoms with Gasteiger partial charge in [-0.15, -0.1) is 0 Å². The molecule has 0 aliphatic carbocycles. The monoisotopic (exact) mass is 390 g/mol. The topological polar surface area (TPSA) is 76.0 Å². The molecule has 0 aliphatic heterocycles. The van der Waals surface area contributed by atoms with Crippen LogP contribution in [0.1, 0.15) is 61.8 Å². The molecule has 0 aromatic rings. The van der Waals surface area contributed by atoms with E-state index in [1.54, 1.807) is 20.8 Å². The minimum Gasteiger partial charge on any atom is -0.465 e. The van der Waals surface area contributed by atoms with E-state index in [1.807, 2.05) is 13.8 Å². The molecular formula is C20H42O5Si. The number of aliphatic hydroxyl groups is 2. The fourth-order valence-corrected chi connectivity index (χ4v) is 3.24. The first-order chi connectivity index (χ1) is 11.5. The highest BCUT2D eigenvalue weighted by molar-refractivity contribution is 6.74. The van der Waals surface area contributed by atoms with Gasteiger partial charge >= 0.3 is 5.97 Å². The molecule has 0 aromatic heterocycles. The first-order valence-corrected chi connectivity index (χ1v) is 12.6. The van der Waals surface area contributed by atoms with Gasteiger partial charge in [0.05, 0.1) is 24.2 Å². The predicted molar refractivity (Wildman–Crippen MR) is 109 cm³/mol. The van der Waals surface area contributed by atoms with Crippen LogP contribution >= 0.6 is 0 Å². The predicted octanol–water partition coefficient (Wildman–Crippen LogP) is 3.98. The van der Waals surface area contributed by atoms with Crippen molar-refractivity contribution in [2.45, 2.75) is 92.2 Å². The Labute approximate surface area is 161 Å². The summed E-state index contributed by atoms with van der Waals surface area (Å²) in [7, 11) is -1.83. The summed E-state index contributed by atoms with van der Waals surface area (Å²) >= 11 is 0. The van der Waals surface area contributed by atoms with Crippen LogP contribution in [-0.2, 0) is 14.0 Å². The smallest absolute Gasteiger partial charge is 0.311 e. The van der Waals surface area contributed by atoms with Crippen LogP contribution in [0.15, 0.2) is 0 Å². The summed E-state index contributed by atoms with van der Waals surface area (Å²) in [5.74, 6) is -0.846. The fourth-order valence-electron chi connectivity index (χ4n) is 2.18. The maximum atomic E-state index is 11.8. The third kappa shape index (κ3) is 8.07. The van der Waals surface area contributed by atoms with E-state index in [-0.39, 0.29) is 29.5 Å². The van der Waals surface area contributed by atoms with E-state index < -0.39 is 25.9 Å². The summed E-state index contributed by atoms with van der Waals surface area (Å²) in [5, 5.41) is 21.0. The van der Waals surface area contributed by atoms with Crippen molar-refractivity contribution < 1.29 is 24.2 Å². The van der Waals surface area contributed by atoms with Crippen LogP contribution in [-0.4, -0.2) is 49.9 Å². The van der Waals surface area contributed by atoms with Crippen molar-refractivity contribution in [3.8, 4) is 0 Å². The van der Waals surface area contributed by atoms with Gasteiger partial charge in [0, 0.05) is 18.4 Å². The second-order valence-electron chi connectivity index (χ2n) is 10.1. The van der Waals surface area contributed by atoms with Crippen LogP contribution in [0.5, 0.6) is 0 Å². The van der Waals surface area contributed by atoms with Gasteiger partial charge in [-0.3, -0.25) is 4.79 Å². The lowest BCUT2D eigenvalue weighted by molar-refractivity contribution is -0.156. The highest BCUT2D eigenvalue weighted by atomic mass is 28.4. The molecule has 0 aliphatic rings. The summed E-state index contributed by atoms with van der Waals surface area (Å²) < 4.78 is 11.4. The van der Waals surface area contributed by atoms with Gasteiger partial charge in [-0.1, -0.05) is 34.6 Å². The lowest BCUT2D eigenvalue weighted by Gasteiger charge is -2.36. The lowest BCUT2D eigenvalue weighted by atomic mass is 9.88. The van der Waals surface area contributed by atoms with E-state index in [2.05, 4.69) is 33.9 Å². The molecular weight excluding hydrogens is 348 g/mol. The van der Waals surface area contributed by atoms with Gasteiger partial charge in [0.1, 0.15) is 0 Å². The molecule has 0 heterocycles. The van der Waals surface area contributed by atoms with Crippen molar-refractivity contribution in [3.63, 3.8) is 0 Å². The number of hydrogen-bond donors (Lipinski definition) is 2. The van der Waals surface area contributed by atoms with Gasteiger partial charge in [0.25, 0.3) is 0 Å². The van der Waals surface area contributed by atoms with Gasteiger partial charge in [-0.2, -0.15) is 0 Å². The van der Waals surface area contributed by atoms with Gasteiger partial charge in [0.2, 0.25) is 0 Å². The largest absolute Gasteiger partial charge is 0.465 e. The normalized spacial score (nSPS) is 18.2. The molecule has 5 nitrogen and oxygen atoms in total. The second kappa shape index (κ2) is 9.67. The molecule has 2 N–H and O–H groups in total. The lowest BCUT2D eigenvalue weighted by Crippen LogP contribution is -2.42. The van der Waals surface area contributed by atoms with Crippen LogP contribution < -0.4 is 0 Å². The molecule has 0 saturated heterocycles. The molecule has 26 heavy (non-hydrogen) atoms. The van der Waals surface area contributed by atoms with E-state index in [9.17, 15) is 15.0 Å². The Morgan fingerprint density at radius 1 is 1.04 bits per heavy atom. The average Bonchev–Trinajstić information content (AvgIpc) is 2.48. The third-order valence-electron chi connectivity index (χ3n) is 5.50.